The molecular weight excluding hydrogens is 234 g/mol. The van der Waals surface area contributed by atoms with Crippen LogP contribution in [0.3, 0.4) is 0 Å². The van der Waals surface area contributed by atoms with Gasteiger partial charge in [-0.25, -0.2) is 0 Å². The van der Waals surface area contributed by atoms with Crippen molar-refractivity contribution < 1.29 is 4.74 Å². The van der Waals surface area contributed by atoms with Gasteiger partial charge in [0.15, 0.2) is 0 Å². The normalized spacial score (nSPS) is 30.5. The molecule has 0 spiro atoms. The van der Waals surface area contributed by atoms with Crippen molar-refractivity contribution in [3.8, 4) is 5.75 Å². The lowest BCUT2D eigenvalue weighted by Crippen LogP contribution is -2.31. The number of benzene rings is 1. The van der Waals surface area contributed by atoms with Gasteiger partial charge in [-0.3, -0.25) is 0 Å². The highest BCUT2D eigenvalue weighted by Gasteiger charge is 2.53. The molecule has 2 saturated carbocycles. The molecule has 104 valence electrons. The maximum Gasteiger partial charge on any atom is 0.122 e. The van der Waals surface area contributed by atoms with Crippen LogP contribution < -0.4 is 10.1 Å². The molecule has 0 saturated heterocycles. The summed E-state index contributed by atoms with van der Waals surface area (Å²) in [5.74, 6) is 3.94. The largest absolute Gasteiger partial charge is 0.496 e. The summed E-state index contributed by atoms with van der Waals surface area (Å²) in [4.78, 5) is 0. The van der Waals surface area contributed by atoms with Gasteiger partial charge in [0.05, 0.1) is 7.11 Å². The second kappa shape index (κ2) is 5.54. The molecule has 2 fully saturated rings. The van der Waals surface area contributed by atoms with Crippen LogP contribution >= 0.6 is 0 Å². The first-order chi connectivity index (χ1) is 9.35. The van der Waals surface area contributed by atoms with E-state index in [2.05, 4.69) is 30.6 Å². The van der Waals surface area contributed by atoms with Crippen LogP contribution in [0.5, 0.6) is 5.75 Å². The van der Waals surface area contributed by atoms with Crippen LogP contribution in [-0.4, -0.2) is 20.2 Å². The first-order valence-corrected chi connectivity index (χ1v) is 7.64. The van der Waals surface area contributed by atoms with Crippen LogP contribution in [0.1, 0.15) is 31.2 Å². The molecule has 1 aromatic carbocycles. The Morgan fingerprint density at radius 3 is 2.53 bits per heavy atom. The molecule has 2 aliphatic rings. The van der Waals surface area contributed by atoms with E-state index in [9.17, 15) is 0 Å². The molecule has 1 N–H and O–H groups in total. The molecular formula is C17H25NO. The third-order valence-corrected chi connectivity index (χ3v) is 5.19. The Kier molecular flexibility index (Phi) is 3.79. The summed E-state index contributed by atoms with van der Waals surface area (Å²) in [5, 5.41) is 3.56. The Morgan fingerprint density at radius 1 is 1.21 bits per heavy atom. The maximum absolute atomic E-state index is 5.48. The Labute approximate surface area is 116 Å². The van der Waals surface area contributed by atoms with Gasteiger partial charge in [0, 0.05) is 6.04 Å². The summed E-state index contributed by atoms with van der Waals surface area (Å²) >= 11 is 0. The number of hydrogen-bond donors (Lipinski definition) is 1. The number of para-hydroxylation sites is 1. The van der Waals surface area contributed by atoms with Crippen molar-refractivity contribution in [2.24, 2.45) is 17.8 Å². The molecule has 3 atom stereocenters. The van der Waals surface area contributed by atoms with Crippen molar-refractivity contribution in [1.29, 1.82) is 0 Å². The Morgan fingerprint density at radius 2 is 1.89 bits per heavy atom. The van der Waals surface area contributed by atoms with E-state index in [1.165, 1.54) is 31.2 Å². The molecule has 1 aromatic rings. The smallest absolute Gasteiger partial charge is 0.122 e. The Balaban J connectivity index is 1.70. The molecule has 19 heavy (non-hydrogen) atoms. The number of nitrogens with one attached hydrogen (secondary N) is 1. The van der Waals surface area contributed by atoms with Gasteiger partial charge in [0.2, 0.25) is 0 Å². The van der Waals surface area contributed by atoms with Gasteiger partial charge in [0.1, 0.15) is 5.75 Å². The topological polar surface area (TPSA) is 21.3 Å². The van der Waals surface area contributed by atoms with Gasteiger partial charge in [-0.15, -0.1) is 0 Å². The Hall–Kier alpha value is -1.02. The van der Waals surface area contributed by atoms with E-state index in [1.807, 2.05) is 6.07 Å². The molecule has 2 nitrogen and oxygen atoms in total. The number of likely N-dealkylation sites (N-methyl/N-ethyl adjacent to an activating group) is 1. The lowest BCUT2D eigenvalue weighted by molar-refractivity contribution is 0.399. The van der Waals surface area contributed by atoms with Gasteiger partial charge in [0.25, 0.3) is 0 Å². The monoisotopic (exact) mass is 259 g/mol. The van der Waals surface area contributed by atoms with E-state index in [0.29, 0.717) is 6.04 Å². The number of rotatable bonds is 5. The molecule has 2 aliphatic carbocycles. The number of methoxy groups -OCH3 is 1. The lowest BCUT2D eigenvalue weighted by atomic mass is 9.99. The third-order valence-electron chi connectivity index (χ3n) is 5.19. The van der Waals surface area contributed by atoms with Crippen LogP contribution in [-0.2, 0) is 6.42 Å². The summed E-state index contributed by atoms with van der Waals surface area (Å²) in [6.45, 7) is 0. The summed E-state index contributed by atoms with van der Waals surface area (Å²) in [6, 6.07) is 9.06. The SMILES string of the molecule is CNC(Cc1ccccc1OC)C1C2CCCCC21. The van der Waals surface area contributed by atoms with Crippen LogP contribution in [0.4, 0.5) is 0 Å². The van der Waals surface area contributed by atoms with Crippen molar-refractivity contribution in [3.05, 3.63) is 29.8 Å². The second-order valence-corrected chi connectivity index (χ2v) is 6.10. The van der Waals surface area contributed by atoms with Gasteiger partial charge in [-0.05, 0) is 55.7 Å². The van der Waals surface area contributed by atoms with E-state index in [1.54, 1.807) is 7.11 Å². The van der Waals surface area contributed by atoms with Gasteiger partial charge in [-0.2, -0.15) is 0 Å². The van der Waals surface area contributed by atoms with Crippen LogP contribution in [0, 0.1) is 17.8 Å². The number of hydrogen-bond acceptors (Lipinski definition) is 2. The molecule has 0 bridgehead atoms. The van der Waals surface area contributed by atoms with Gasteiger partial charge < -0.3 is 10.1 Å². The van der Waals surface area contributed by atoms with Gasteiger partial charge >= 0.3 is 0 Å². The van der Waals surface area contributed by atoms with Crippen LogP contribution in [0.2, 0.25) is 0 Å². The third kappa shape index (κ3) is 2.51. The molecule has 2 heteroatoms. The highest BCUT2D eigenvalue weighted by Crippen LogP contribution is 2.57. The quantitative estimate of drug-likeness (QED) is 0.876. The zero-order chi connectivity index (χ0) is 13.2. The number of ether oxygens (including phenoxy) is 1. The molecule has 3 rings (SSSR count). The fourth-order valence-electron chi connectivity index (χ4n) is 4.18. The van der Waals surface area contributed by atoms with Crippen molar-refractivity contribution in [2.75, 3.05) is 14.2 Å². The molecule has 0 radical (unpaired) electrons. The lowest BCUT2D eigenvalue weighted by Gasteiger charge is -2.18. The summed E-state index contributed by atoms with van der Waals surface area (Å²) < 4.78 is 5.48. The highest BCUT2D eigenvalue weighted by atomic mass is 16.5. The van der Waals surface area contributed by atoms with Crippen LogP contribution in [0.15, 0.2) is 24.3 Å². The van der Waals surface area contributed by atoms with Crippen molar-refractivity contribution in [2.45, 2.75) is 38.1 Å². The van der Waals surface area contributed by atoms with Crippen molar-refractivity contribution in [3.63, 3.8) is 0 Å². The first-order valence-electron chi connectivity index (χ1n) is 7.64. The summed E-state index contributed by atoms with van der Waals surface area (Å²) in [7, 11) is 3.88. The highest BCUT2D eigenvalue weighted by molar-refractivity contribution is 5.34. The van der Waals surface area contributed by atoms with E-state index < -0.39 is 0 Å². The summed E-state index contributed by atoms with van der Waals surface area (Å²) in [6.07, 6.45) is 6.91. The van der Waals surface area contributed by atoms with E-state index in [4.69, 9.17) is 4.74 Å². The van der Waals surface area contributed by atoms with E-state index >= 15 is 0 Å². The van der Waals surface area contributed by atoms with Crippen LogP contribution in [0.25, 0.3) is 0 Å². The summed E-state index contributed by atoms with van der Waals surface area (Å²) in [5.41, 5.74) is 1.34. The predicted octanol–water partition coefficient (Wildman–Crippen LogP) is 3.26. The zero-order valence-electron chi connectivity index (χ0n) is 12.1. The van der Waals surface area contributed by atoms with Crippen molar-refractivity contribution in [1.82, 2.24) is 5.32 Å². The second-order valence-electron chi connectivity index (χ2n) is 6.10. The number of fused-ring (bicyclic) bond motifs is 1. The molecule has 0 heterocycles. The fourth-order valence-corrected chi connectivity index (χ4v) is 4.18. The molecule has 0 amide bonds. The van der Waals surface area contributed by atoms with Gasteiger partial charge in [-0.1, -0.05) is 31.0 Å². The molecule has 0 aliphatic heterocycles. The Bertz CT molecular complexity index is 419. The average molecular weight is 259 g/mol. The molecule has 3 unspecified atom stereocenters. The minimum Gasteiger partial charge on any atom is -0.496 e. The minimum absolute atomic E-state index is 0.615. The maximum atomic E-state index is 5.48. The average Bonchev–Trinajstić information content (AvgIpc) is 3.19. The minimum atomic E-state index is 0.615. The van der Waals surface area contributed by atoms with E-state index in [-0.39, 0.29) is 0 Å². The predicted molar refractivity (Wildman–Crippen MR) is 78.5 cm³/mol. The zero-order valence-corrected chi connectivity index (χ0v) is 12.1. The van der Waals surface area contributed by atoms with Crippen molar-refractivity contribution >= 4 is 0 Å². The first kappa shape index (κ1) is 13.0. The van der Waals surface area contributed by atoms with E-state index in [0.717, 1.165) is 29.9 Å². The fraction of sp³-hybridized carbons (Fsp3) is 0.647. The molecule has 0 aromatic heterocycles. The standard InChI is InChI=1S/C17H25NO/c1-18-15(17-13-8-4-5-9-14(13)17)11-12-7-3-6-10-16(12)19-2/h3,6-7,10,13-15,17-18H,4-5,8-9,11H2,1-2H3.